The van der Waals surface area contributed by atoms with Crippen LogP contribution >= 0.6 is 0 Å². The van der Waals surface area contributed by atoms with E-state index >= 15 is 0 Å². The van der Waals surface area contributed by atoms with Crippen molar-refractivity contribution in [1.29, 1.82) is 0 Å². The lowest BCUT2D eigenvalue weighted by Gasteiger charge is -2.20. The van der Waals surface area contributed by atoms with Crippen molar-refractivity contribution < 1.29 is 4.74 Å². The highest BCUT2D eigenvalue weighted by atomic mass is 16.5. The summed E-state index contributed by atoms with van der Waals surface area (Å²) < 4.78 is 5.62. The molecule has 1 heterocycles. The Bertz CT molecular complexity index is 209. The van der Waals surface area contributed by atoms with Crippen molar-refractivity contribution in [2.45, 2.75) is 44.6 Å². The van der Waals surface area contributed by atoms with E-state index in [1.807, 2.05) is 0 Å². The Balaban J connectivity index is 1.44. The van der Waals surface area contributed by atoms with Gasteiger partial charge in [-0.2, -0.15) is 0 Å². The first-order valence-corrected chi connectivity index (χ1v) is 6.74. The van der Waals surface area contributed by atoms with E-state index in [0.717, 1.165) is 31.0 Å². The van der Waals surface area contributed by atoms with Gasteiger partial charge in [0, 0.05) is 12.0 Å². The van der Waals surface area contributed by atoms with Crippen molar-refractivity contribution in [3.63, 3.8) is 0 Å². The van der Waals surface area contributed by atoms with Gasteiger partial charge in [-0.3, -0.25) is 0 Å². The van der Waals surface area contributed by atoms with Gasteiger partial charge in [0.1, 0.15) is 0 Å². The summed E-state index contributed by atoms with van der Waals surface area (Å²) in [5, 5.41) is 3.77. The molecule has 2 heteroatoms. The lowest BCUT2D eigenvalue weighted by atomic mass is 9.97. The fraction of sp³-hybridized carbons (Fsp3) is 1.00. The molecule has 2 aliphatic carbocycles. The monoisotopic (exact) mass is 209 g/mol. The highest BCUT2D eigenvalue weighted by Gasteiger charge is 2.40. The summed E-state index contributed by atoms with van der Waals surface area (Å²) in [4.78, 5) is 0. The van der Waals surface area contributed by atoms with Crippen LogP contribution in [0.2, 0.25) is 0 Å². The SMILES string of the molecule is C1CCC(CNC2COCC2C2CC2)C1. The van der Waals surface area contributed by atoms with E-state index in [0.29, 0.717) is 6.04 Å². The summed E-state index contributed by atoms with van der Waals surface area (Å²) in [5.74, 6) is 2.80. The lowest BCUT2D eigenvalue weighted by Crippen LogP contribution is -2.38. The molecule has 3 rings (SSSR count). The molecule has 2 nitrogen and oxygen atoms in total. The summed E-state index contributed by atoms with van der Waals surface area (Å²) in [7, 11) is 0. The third-order valence-electron chi connectivity index (χ3n) is 4.50. The predicted octanol–water partition coefficient (Wildman–Crippen LogP) is 2.19. The Hall–Kier alpha value is -0.0800. The van der Waals surface area contributed by atoms with Gasteiger partial charge in [0.2, 0.25) is 0 Å². The average Bonchev–Trinajstić information content (AvgIpc) is 2.81. The minimum atomic E-state index is 0.679. The van der Waals surface area contributed by atoms with E-state index in [1.165, 1.54) is 45.1 Å². The van der Waals surface area contributed by atoms with Crippen molar-refractivity contribution in [3.05, 3.63) is 0 Å². The Labute approximate surface area is 92.8 Å². The summed E-state index contributed by atoms with van der Waals surface area (Å²) in [6.45, 7) is 3.23. The van der Waals surface area contributed by atoms with Crippen LogP contribution in [0.15, 0.2) is 0 Å². The molecule has 0 aromatic rings. The first-order valence-electron chi connectivity index (χ1n) is 6.74. The standard InChI is InChI=1S/C13H23NO/c1-2-4-10(3-1)7-14-13-9-15-8-12(13)11-5-6-11/h10-14H,1-9H2. The van der Waals surface area contributed by atoms with Crippen molar-refractivity contribution in [3.8, 4) is 0 Å². The number of hydrogen-bond donors (Lipinski definition) is 1. The van der Waals surface area contributed by atoms with Gasteiger partial charge in [-0.25, -0.2) is 0 Å². The van der Waals surface area contributed by atoms with Crippen LogP contribution in [0, 0.1) is 17.8 Å². The van der Waals surface area contributed by atoms with E-state index in [9.17, 15) is 0 Å². The number of hydrogen-bond acceptors (Lipinski definition) is 2. The number of rotatable bonds is 4. The van der Waals surface area contributed by atoms with Crippen LogP contribution in [-0.4, -0.2) is 25.8 Å². The molecule has 0 radical (unpaired) electrons. The van der Waals surface area contributed by atoms with Crippen LogP contribution in [0.3, 0.4) is 0 Å². The van der Waals surface area contributed by atoms with Gasteiger partial charge in [0.25, 0.3) is 0 Å². The molecule has 2 saturated carbocycles. The molecule has 0 aromatic carbocycles. The van der Waals surface area contributed by atoms with Gasteiger partial charge >= 0.3 is 0 Å². The largest absolute Gasteiger partial charge is 0.379 e. The minimum absolute atomic E-state index is 0.679. The van der Waals surface area contributed by atoms with Gasteiger partial charge in [0.15, 0.2) is 0 Å². The number of ether oxygens (including phenoxy) is 1. The van der Waals surface area contributed by atoms with Crippen molar-refractivity contribution >= 4 is 0 Å². The summed E-state index contributed by atoms with van der Waals surface area (Å²) in [6, 6.07) is 0.679. The molecule has 0 aromatic heterocycles. The molecule has 1 aliphatic heterocycles. The maximum absolute atomic E-state index is 5.62. The smallest absolute Gasteiger partial charge is 0.0623 e. The highest BCUT2D eigenvalue weighted by Crippen LogP contribution is 2.40. The van der Waals surface area contributed by atoms with Gasteiger partial charge in [-0.05, 0) is 44.1 Å². The van der Waals surface area contributed by atoms with E-state index in [1.54, 1.807) is 0 Å². The van der Waals surface area contributed by atoms with Gasteiger partial charge in [-0.15, -0.1) is 0 Å². The van der Waals surface area contributed by atoms with Crippen LogP contribution in [0.4, 0.5) is 0 Å². The van der Waals surface area contributed by atoms with Crippen molar-refractivity contribution in [2.24, 2.45) is 17.8 Å². The highest BCUT2D eigenvalue weighted by molar-refractivity contribution is 4.92. The van der Waals surface area contributed by atoms with Crippen LogP contribution in [0.25, 0.3) is 0 Å². The first kappa shape index (κ1) is 10.1. The zero-order valence-corrected chi connectivity index (χ0v) is 9.58. The molecule has 1 N–H and O–H groups in total. The molecule has 0 bridgehead atoms. The zero-order valence-electron chi connectivity index (χ0n) is 9.58. The summed E-state index contributed by atoms with van der Waals surface area (Å²) in [5.41, 5.74) is 0. The maximum Gasteiger partial charge on any atom is 0.0623 e. The van der Waals surface area contributed by atoms with E-state index < -0.39 is 0 Å². The Morgan fingerprint density at radius 3 is 2.53 bits per heavy atom. The third kappa shape index (κ3) is 2.36. The van der Waals surface area contributed by atoms with Crippen LogP contribution in [0.1, 0.15) is 38.5 Å². The zero-order chi connectivity index (χ0) is 10.1. The Morgan fingerprint density at radius 2 is 1.80 bits per heavy atom. The fourth-order valence-electron chi connectivity index (χ4n) is 3.30. The van der Waals surface area contributed by atoms with Crippen molar-refractivity contribution in [2.75, 3.05) is 19.8 Å². The second kappa shape index (κ2) is 4.42. The first-order chi connectivity index (χ1) is 7.43. The molecular formula is C13H23NO. The molecule has 3 aliphatic rings. The van der Waals surface area contributed by atoms with E-state index in [-0.39, 0.29) is 0 Å². The second-order valence-electron chi connectivity index (χ2n) is 5.70. The second-order valence-corrected chi connectivity index (χ2v) is 5.70. The predicted molar refractivity (Wildman–Crippen MR) is 60.8 cm³/mol. The maximum atomic E-state index is 5.62. The average molecular weight is 209 g/mol. The fourth-order valence-corrected chi connectivity index (χ4v) is 3.30. The normalized spacial score (nSPS) is 37.6. The topological polar surface area (TPSA) is 21.3 Å². The number of nitrogens with one attached hydrogen (secondary N) is 1. The van der Waals surface area contributed by atoms with Crippen LogP contribution in [0.5, 0.6) is 0 Å². The van der Waals surface area contributed by atoms with E-state index in [2.05, 4.69) is 5.32 Å². The molecule has 1 saturated heterocycles. The minimum Gasteiger partial charge on any atom is -0.379 e. The third-order valence-corrected chi connectivity index (χ3v) is 4.50. The molecule has 2 atom stereocenters. The van der Waals surface area contributed by atoms with E-state index in [4.69, 9.17) is 4.74 Å². The molecular weight excluding hydrogens is 186 g/mol. The van der Waals surface area contributed by atoms with Crippen LogP contribution in [-0.2, 0) is 4.74 Å². The summed E-state index contributed by atoms with van der Waals surface area (Å²) in [6.07, 6.45) is 8.73. The summed E-state index contributed by atoms with van der Waals surface area (Å²) >= 11 is 0. The molecule has 2 unspecified atom stereocenters. The molecule has 0 spiro atoms. The molecule has 3 fully saturated rings. The quantitative estimate of drug-likeness (QED) is 0.766. The Morgan fingerprint density at radius 1 is 1.00 bits per heavy atom. The van der Waals surface area contributed by atoms with Gasteiger partial charge in [0.05, 0.1) is 13.2 Å². The van der Waals surface area contributed by atoms with Gasteiger partial charge < -0.3 is 10.1 Å². The molecule has 0 amide bonds. The van der Waals surface area contributed by atoms with Crippen LogP contribution < -0.4 is 5.32 Å². The van der Waals surface area contributed by atoms with Gasteiger partial charge in [-0.1, -0.05) is 12.8 Å². The molecule has 15 heavy (non-hydrogen) atoms. The van der Waals surface area contributed by atoms with Crippen molar-refractivity contribution in [1.82, 2.24) is 5.32 Å². The molecule has 86 valence electrons. The Kier molecular flexibility index (Phi) is 2.98. The lowest BCUT2D eigenvalue weighted by molar-refractivity contribution is 0.179.